The zero-order valence-electron chi connectivity index (χ0n) is 20.9. The Bertz CT molecular complexity index is 1160. The molecule has 36 heavy (non-hydrogen) atoms. The summed E-state index contributed by atoms with van der Waals surface area (Å²) in [5.41, 5.74) is 12.6. The molecule has 0 atom stereocenters. The van der Waals surface area contributed by atoms with Crippen molar-refractivity contribution >= 4 is 17.4 Å². The SMILES string of the molecule is Cc1ccc(C(N)=O)c(OC2CC3(CC(NC(=O)C(=CN)c4ccc(OCC(C)(C)O)cn4)C3)C2)c1. The minimum absolute atomic E-state index is 0.0300. The largest absolute Gasteiger partial charge is 0.490 e. The summed E-state index contributed by atoms with van der Waals surface area (Å²) < 4.78 is 11.6. The average Bonchev–Trinajstić information content (AvgIpc) is 2.75. The molecule has 192 valence electrons. The molecular weight excluding hydrogens is 460 g/mol. The number of ether oxygens (including phenoxy) is 2. The maximum atomic E-state index is 12.8. The fraction of sp³-hybridized carbons (Fsp3) is 0.444. The van der Waals surface area contributed by atoms with E-state index in [4.69, 9.17) is 20.9 Å². The summed E-state index contributed by atoms with van der Waals surface area (Å²) in [6, 6.07) is 8.80. The van der Waals surface area contributed by atoms with E-state index in [1.807, 2.05) is 19.1 Å². The summed E-state index contributed by atoms with van der Waals surface area (Å²) in [5, 5.41) is 12.8. The van der Waals surface area contributed by atoms with E-state index in [0.717, 1.165) is 31.2 Å². The van der Waals surface area contributed by atoms with Gasteiger partial charge in [0.15, 0.2) is 0 Å². The molecule has 2 saturated carbocycles. The van der Waals surface area contributed by atoms with Crippen molar-refractivity contribution in [1.29, 1.82) is 0 Å². The van der Waals surface area contributed by atoms with Crippen molar-refractivity contribution < 1.29 is 24.2 Å². The second-order valence-electron chi connectivity index (χ2n) is 10.7. The van der Waals surface area contributed by atoms with Gasteiger partial charge in [-0.15, -0.1) is 0 Å². The molecule has 0 aliphatic heterocycles. The zero-order valence-corrected chi connectivity index (χ0v) is 20.9. The van der Waals surface area contributed by atoms with Crippen LogP contribution in [0.1, 0.15) is 61.1 Å². The van der Waals surface area contributed by atoms with Crippen molar-refractivity contribution in [2.45, 2.75) is 64.2 Å². The third-order valence-corrected chi connectivity index (χ3v) is 6.73. The molecule has 2 aliphatic carbocycles. The highest BCUT2D eigenvalue weighted by Crippen LogP contribution is 2.57. The Labute approximate surface area is 210 Å². The van der Waals surface area contributed by atoms with E-state index in [-0.39, 0.29) is 30.1 Å². The molecule has 2 aromatic rings. The zero-order chi connectivity index (χ0) is 26.1. The van der Waals surface area contributed by atoms with Gasteiger partial charge in [-0.25, -0.2) is 0 Å². The number of benzene rings is 1. The predicted octanol–water partition coefficient (Wildman–Crippen LogP) is 2.44. The molecule has 1 heterocycles. The van der Waals surface area contributed by atoms with Crippen molar-refractivity contribution in [1.82, 2.24) is 10.3 Å². The number of nitrogens with two attached hydrogens (primary N) is 2. The number of aliphatic hydroxyl groups is 1. The number of aryl methyl sites for hydroxylation is 1. The van der Waals surface area contributed by atoms with Gasteiger partial charge in [0.1, 0.15) is 18.1 Å². The normalized spacial score (nSPS) is 23.4. The lowest BCUT2D eigenvalue weighted by Crippen LogP contribution is -2.58. The van der Waals surface area contributed by atoms with E-state index in [1.165, 1.54) is 12.4 Å². The van der Waals surface area contributed by atoms with E-state index in [2.05, 4.69) is 10.3 Å². The molecular formula is C27H34N4O5. The van der Waals surface area contributed by atoms with Crippen molar-refractivity contribution in [2.24, 2.45) is 16.9 Å². The predicted molar refractivity (Wildman–Crippen MR) is 135 cm³/mol. The first-order chi connectivity index (χ1) is 17.0. The minimum atomic E-state index is -0.958. The summed E-state index contributed by atoms with van der Waals surface area (Å²) in [4.78, 5) is 28.8. The smallest absolute Gasteiger partial charge is 0.255 e. The molecule has 2 aliphatic rings. The number of nitrogens with one attached hydrogen (secondary N) is 1. The van der Waals surface area contributed by atoms with Gasteiger partial charge in [0.25, 0.3) is 11.8 Å². The van der Waals surface area contributed by atoms with Crippen LogP contribution >= 0.6 is 0 Å². The van der Waals surface area contributed by atoms with Gasteiger partial charge in [0.05, 0.1) is 34.7 Å². The topological polar surface area (TPSA) is 150 Å². The van der Waals surface area contributed by atoms with Gasteiger partial charge in [0, 0.05) is 12.2 Å². The molecule has 0 bridgehead atoms. The molecule has 2 fully saturated rings. The molecule has 1 spiro atoms. The molecule has 9 nitrogen and oxygen atoms in total. The highest BCUT2D eigenvalue weighted by Gasteiger charge is 2.54. The molecule has 0 unspecified atom stereocenters. The number of aromatic nitrogens is 1. The van der Waals surface area contributed by atoms with Crippen LogP contribution in [-0.4, -0.2) is 46.3 Å². The number of rotatable bonds is 9. The lowest BCUT2D eigenvalue weighted by Gasteiger charge is -2.57. The first kappa shape index (κ1) is 25.5. The maximum Gasteiger partial charge on any atom is 0.255 e. The van der Waals surface area contributed by atoms with Crippen molar-refractivity contribution in [3.8, 4) is 11.5 Å². The fourth-order valence-electron chi connectivity index (χ4n) is 4.95. The summed E-state index contributed by atoms with van der Waals surface area (Å²) in [6.07, 6.45) is 6.27. The molecule has 1 aromatic carbocycles. The van der Waals surface area contributed by atoms with Gasteiger partial charge in [-0.3, -0.25) is 14.6 Å². The Hall–Kier alpha value is -3.59. The Balaban J connectivity index is 1.26. The van der Waals surface area contributed by atoms with Gasteiger partial charge < -0.3 is 31.4 Å². The van der Waals surface area contributed by atoms with Gasteiger partial charge in [-0.2, -0.15) is 0 Å². The van der Waals surface area contributed by atoms with Crippen molar-refractivity contribution in [2.75, 3.05) is 6.61 Å². The number of pyridine rings is 1. The third-order valence-electron chi connectivity index (χ3n) is 6.73. The van der Waals surface area contributed by atoms with Crippen LogP contribution in [0.2, 0.25) is 0 Å². The Kier molecular flexibility index (Phi) is 6.95. The lowest BCUT2D eigenvalue weighted by atomic mass is 9.53. The monoisotopic (exact) mass is 494 g/mol. The minimum Gasteiger partial charge on any atom is -0.490 e. The van der Waals surface area contributed by atoms with Gasteiger partial charge in [0.2, 0.25) is 0 Å². The van der Waals surface area contributed by atoms with Crippen LogP contribution < -0.4 is 26.3 Å². The highest BCUT2D eigenvalue weighted by atomic mass is 16.5. The fourth-order valence-corrected chi connectivity index (χ4v) is 4.95. The Morgan fingerprint density at radius 3 is 2.53 bits per heavy atom. The summed E-state index contributed by atoms with van der Waals surface area (Å²) in [5.74, 6) is 0.259. The molecule has 2 amide bonds. The molecule has 0 radical (unpaired) electrons. The summed E-state index contributed by atoms with van der Waals surface area (Å²) >= 11 is 0. The Morgan fingerprint density at radius 2 is 1.94 bits per heavy atom. The van der Waals surface area contributed by atoms with Gasteiger partial charge >= 0.3 is 0 Å². The summed E-state index contributed by atoms with van der Waals surface area (Å²) in [6.45, 7) is 5.37. The van der Waals surface area contributed by atoms with Crippen LogP contribution in [0.3, 0.4) is 0 Å². The van der Waals surface area contributed by atoms with Crippen molar-refractivity contribution in [3.05, 3.63) is 59.5 Å². The average molecular weight is 495 g/mol. The maximum absolute atomic E-state index is 12.8. The van der Waals surface area contributed by atoms with Crippen LogP contribution in [0, 0.1) is 12.3 Å². The molecule has 9 heteroatoms. The standard InChI is InChI=1S/C27H34N4O5/c1-16-4-6-20(24(29)32)23(8-16)36-19-11-27(12-19)9-17(10-27)31-25(33)21(13-28)22-7-5-18(14-30-22)35-15-26(2,3)34/h4-8,13-14,17,19,34H,9-12,15,28H2,1-3H3,(H2,29,32)(H,31,33). The second-order valence-corrected chi connectivity index (χ2v) is 10.7. The number of nitrogens with zero attached hydrogens (tertiary/aromatic N) is 1. The van der Waals surface area contributed by atoms with E-state index < -0.39 is 11.5 Å². The van der Waals surface area contributed by atoms with E-state index in [9.17, 15) is 14.7 Å². The van der Waals surface area contributed by atoms with Crippen LogP contribution in [0.25, 0.3) is 5.57 Å². The first-order valence-electron chi connectivity index (χ1n) is 12.1. The number of carbonyl (C=O) groups is 2. The molecule has 6 N–H and O–H groups in total. The lowest BCUT2D eigenvalue weighted by molar-refractivity contribution is -0.122. The van der Waals surface area contributed by atoms with E-state index >= 15 is 0 Å². The van der Waals surface area contributed by atoms with Crippen molar-refractivity contribution in [3.63, 3.8) is 0 Å². The van der Waals surface area contributed by atoms with Crippen LogP contribution in [0.5, 0.6) is 11.5 Å². The molecule has 4 rings (SSSR count). The highest BCUT2D eigenvalue weighted by molar-refractivity contribution is 6.18. The number of carbonyl (C=O) groups excluding carboxylic acids is 2. The van der Waals surface area contributed by atoms with Crippen LogP contribution in [0.15, 0.2) is 42.7 Å². The molecule has 0 saturated heterocycles. The Morgan fingerprint density at radius 1 is 1.22 bits per heavy atom. The van der Waals surface area contributed by atoms with Crippen LogP contribution in [-0.2, 0) is 4.79 Å². The number of amides is 2. The number of hydrogen-bond acceptors (Lipinski definition) is 7. The number of primary amides is 1. The van der Waals surface area contributed by atoms with E-state index in [1.54, 1.807) is 32.0 Å². The first-order valence-corrected chi connectivity index (χ1v) is 12.1. The van der Waals surface area contributed by atoms with Gasteiger partial charge in [-0.1, -0.05) is 6.07 Å². The van der Waals surface area contributed by atoms with Crippen LogP contribution in [0.4, 0.5) is 0 Å². The van der Waals surface area contributed by atoms with E-state index in [0.29, 0.717) is 28.3 Å². The third kappa shape index (κ3) is 5.79. The number of hydrogen-bond donors (Lipinski definition) is 4. The quantitative estimate of drug-likeness (QED) is 0.391. The van der Waals surface area contributed by atoms with Gasteiger partial charge in [-0.05, 0) is 81.7 Å². The second kappa shape index (κ2) is 9.81. The molecule has 1 aromatic heterocycles. The summed E-state index contributed by atoms with van der Waals surface area (Å²) in [7, 11) is 0.